The van der Waals surface area contributed by atoms with Gasteiger partial charge in [-0.05, 0) is 42.7 Å². The molecule has 0 fully saturated rings. The number of halogens is 1. The van der Waals surface area contributed by atoms with E-state index in [4.69, 9.17) is 10.5 Å². The molecule has 0 heterocycles. The minimum absolute atomic E-state index is 0.243. The maximum absolute atomic E-state index is 13.3. The van der Waals surface area contributed by atoms with Crippen molar-refractivity contribution in [1.29, 1.82) is 0 Å². The highest BCUT2D eigenvalue weighted by Crippen LogP contribution is 2.20. The van der Waals surface area contributed by atoms with Crippen LogP contribution in [0.15, 0.2) is 47.4 Å². The highest BCUT2D eigenvalue weighted by atomic mass is 32.2. The fourth-order valence-corrected chi connectivity index (χ4v) is 2.18. The Kier molecular flexibility index (Phi) is 5.68. The van der Waals surface area contributed by atoms with E-state index in [9.17, 15) is 4.39 Å². The largest absolute Gasteiger partial charge is 0.489 e. The number of benzene rings is 2. The van der Waals surface area contributed by atoms with Gasteiger partial charge in [0.05, 0.1) is 6.54 Å². The number of hydrogen-bond acceptors (Lipinski definition) is 3. The first-order valence-corrected chi connectivity index (χ1v) is 7.69. The van der Waals surface area contributed by atoms with Crippen molar-refractivity contribution in [1.82, 2.24) is 0 Å². The number of hydrogen-bond donors (Lipinski definition) is 1. The zero-order valence-electron chi connectivity index (χ0n) is 11.7. The number of thioether (sulfide) groups is 1. The average Bonchev–Trinajstić information content (AvgIpc) is 2.52. The Labute approximate surface area is 128 Å². The molecule has 0 aliphatic carbocycles. The van der Waals surface area contributed by atoms with Crippen LogP contribution in [0.3, 0.4) is 0 Å². The molecule has 0 aromatic heterocycles. The fraction of sp³-hybridized carbons (Fsp3) is 0.176. The molecule has 0 radical (unpaired) electrons. The second kappa shape index (κ2) is 7.72. The molecule has 0 unspecified atom stereocenters. The fourth-order valence-electron chi connectivity index (χ4n) is 1.77. The first-order valence-electron chi connectivity index (χ1n) is 6.47. The molecule has 2 aromatic carbocycles. The molecule has 2 rings (SSSR count). The van der Waals surface area contributed by atoms with Gasteiger partial charge in [-0.3, -0.25) is 0 Å². The Hall–Kier alpha value is -1.96. The van der Waals surface area contributed by atoms with Crippen LogP contribution in [0.4, 0.5) is 4.39 Å². The van der Waals surface area contributed by atoms with Crippen molar-refractivity contribution >= 4 is 11.8 Å². The predicted octanol–water partition coefficient (Wildman–Crippen LogP) is 3.44. The van der Waals surface area contributed by atoms with Crippen LogP contribution < -0.4 is 10.5 Å². The Bertz CT molecular complexity index is 659. The molecule has 2 nitrogen and oxygen atoms in total. The molecule has 0 amide bonds. The summed E-state index contributed by atoms with van der Waals surface area (Å²) in [4.78, 5) is 1.18. The van der Waals surface area contributed by atoms with Gasteiger partial charge < -0.3 is 10.5 Å². The molecule has 0 saturated carbocycles. The summed E-state index contributed by atoms with van der Waals surface area (Å²) in [6.45, 7) is 0.584. The number of rotatable bonds is 4. The van der Waals surface area contributed by atoms with Gasteiger partial charge in [-0.15, -0.1) is 11.8 Å². The maximum Gasteiger partial charge on any atom is 0.124 e. The van der Waals surface area contributed by atoms with Crippen LogP contribution in [0, 0.1) is 17.7 Å². The SMILES string of the molecule is CSc1ccc(OCc2ccc(F)cc2C#CCN)cc1. The van der Waals surface area contributed by atoms with Crippen LogP contribution in [0.2, 0.25) is 0 Å². The van der Waals surface area contributed by atoms with Crippen LogP contribution in [-0.2, 0) is 6.61 Å². The third kappa shape index (κ3) is 4.52. The quantitative estimate of drug-likeness (QED) is 0.694. The lowest BCUT2D eigenvalue weighted by Gasteiger charge is -2.09. The highest BCUT2D eigenvalue weighted by Gasteiger charge is 2.04. The zero-order valence-corrected chi connectivity index (χ0v) is 12.5. The van der Waals surface area contributed by atoms with Crippen molar-refractivity contribution in [3.8, 4) is 17.6 Å². The summed E-state index contributed by atoms with van der Waals surface area (Å²) in [5.74, 6) is 6.07. The lowest BCUT2D eigenvalue weighted by Crippen LogP contribution is -2.00. The van der Waals surface area contributed by atoms with Gasteiger partial charge in [-0.25, -0.2) is 4.39 Å². The third-order valence-electron chi connectivity index (χ3n) is 2.85. The van der Waals surface area contributed by atoms with Gasteiger partial charge >= 0.3 is 0 Å². The zero-order chi connectivity index (χ0) is 15.1. The molecular weight excluding hydrogens is 285 g/mol. The summed E-state index contributed by atoms with van der Waals surface area (Å²) >= 11 is 1.68. The average molecular weight is 301 g/mol. The summed E-state index contributed by atoms with van der Waals surface area (Å²) in [6.07, 6.45) is 2.02. The normalized spacial score (nSPS) is 9.86. The summed E-state index contributed by atoms with van der Waals surface area (Å²) in [5, 5.41) is 0. The van der Waals surface area contributed by atoms with Crippen molar-refractivity contribution in [2.75, 3.05) is 12.8 Å². The van der Waals surface area contributed by atoms with Crippen LogP contribution in [0.25, 0.3) is 0 Å². The lowest BCUT2D eigenvalue weighted by atomic mass is 10.1. The third-order valence-corrected chi connectivity index (χ3v) is 3.59. The minimum atomic E-state index is -0.315. The van der Waals surface area contributed by atoms with E-state index in [0.29, 0.717) is 12.2 Å². The summed E-state index contributed by atoms with van der Waals surface area (Å²) < 4.78 is 19.0. The molecule has 0 atom stereocenters. The van der Waals surface area contributed by atoms with Crippen LogP contribution in [-0.4, -0.2) is 12.8 Å². The van der Waals surface area contributed by atoms with Crippen molar-refractivity contribution in [2.24, 2.45) is 5.73 Å². The van der Waals surface area contributed by atoms with Gasteiger partial charge in [-0.2, -0.15) is 0 Å². The predicted molar refractivity (Wildman–Crippen MR) is 84.9 cm³/mol. The molecule has 4 heteroatoms. The molecule has 0 saturated heterocycles. The van der Waals surface area contributed by atoms with E-state index < -0.39 is 0 Å². The van der Waals surface area contributed by atoms with Crippen molar-refractivity contribution in [3.05, 3.63) is 59.4 Å². The molecule has 108 valence electrons. The second-order valence-corrected chi connectivity index (χ2v) is 5.15. The van der Waals surface area contributed by atoms with Crippen LogP contribution in [0.5, 0.6) is 5.75 Å². The second-order valence-electron chi connectivity index (χ2n) is 4.27. The van der Waals surface area contributed by atoms with E-state index in [0.717, 1.165) is 11.3 Å². The van der Waals surface area contributed by atoms with Gasteiger partial charge in [0.2, 0.25) is 0 Å². The van der Waals surface area contributed by atoms with Crippen molar-refractivity contribution < 1.29 is 9.13 Å². The van der Waals surface area contributed by atoms with Crippen LogP contribution >= 0.6 is 11.8 Å². The van der Waals surface area contributed by atoms with E-state index in [-0.39, 0.29) is 12.4 Å². The molecule has 0 spiro atoms. The molecular formula is C17H16FNOS. The van der Waals surface area contributed by atoms with Crippen LogP contribution in [0.1, 0.15) is 11.1 Å². The number of nitrogens with two attached hydrogens (primary N) is 1. The first-order chi connectivity index (χ1) is 10.2. The Morgan fingerprint density at radius 2 is 1.95 bits per heavy atom. The molecule has 21 heavy (non-hydrogen) atoms. The monoisotopic (exact) mass is 301 g/mol. The van der Waals surface area contributed by atoms with E-state index in [2.05, 4.69) is 11.8 Å². The van der Waals surface area contributed by atoms with E-state index >= 15 is 0 Å². The van der Waals surface area contributed by atoms with E-state index in [1.54, 1.807) is 17.8 Å². The summed E-state index contributed by atoms with van der Waals surface area (Å²) in [5.41, 5.74) is 6.81. The maximum atomic E-state index is 13.3. The summed E-state index contributed by atoms with van der Waals surface area (Å²) in [7, 11) is 0. The van der Waals surface area contributed by atoms with Gasteiger partial charge in [0.15, 0.2) is 0 Å². The van der Waals surface area contributed by atoms with Crippen molar-refractivity contribution in [3.63, 3.8) is 0 Å². The lowest BCUT2D eigenvalue weighted by molar-refractivity contribution is 0.305. The van der Waals surface area contributed by atoms with Gasteiger partial charge in [0.25, 0.3) is 0 Å². The molecule has 0 bridgehead atoms. The molecule has 0 aliphatic heterocycles. The first kappa shape index (κ1) is 15.4. The number of ether oxygens (including phenoxy) is 1. The highest BCUT2D eigenvalue weighted by molar-refractivity contribution is 7.98. The smallest absolute Gasteiger partial charge is 0.124 e. The van der Waals surface area contributed by atoms with E-state index in [1.165, 1.54) is 17.0 Å². The van der Waals surface area contributed by atoms with Gasteiger partial charge in [0, 0.05) is 16.0 Å². The molecule has 2 aromatic rings. The standard InChI is InChI=1S/C17H16FNOS/c1-21-17-8-6-16(7-9-17)20-12-14-4-5-15(18)11-13(14)3-2-10-19/h4-9,11H,10,12,19H2,1H3. The van der Waals surface area contributed by atoms with Gasteiger partial charge in [-0.1, -0.05) is 17.9 Å². The van der Waals surface area contributed by atoms with Crippen molar-refractivity contribution in [2.45, 2.75) is 11.5 Å². The minimum Gasteiger partial charge on any atom is -0.489 e. The Morgan fingerprint density at radius 1 is 1.19 bits per heavy atom. The molecule has 0 aliphatic rings. The topological polar surface area (TPSA) is 35.2 Å². The Morgan fingerprint density at radius 3 is 2.62 bits per heavy atom. The Balaban J connectivity index is 2.11. The summed E-state index contributed by atoms with van der Waals surface area (Å²) in [6, 6.07) is 12.3. The van der Waals surface area contributed by atoms with E-state index in [1.807, 2.05) is 30.5 Å². The van der Waals surface area contributed by atoms with Gasteiger partial charge in [0.1, 0.15) is 18.2 Å². The molecule has 2 N–H and O–H groups in total.